The van der Waals surface area contributed by atoms with Crippen LogP contribution in [0.5, 0.6) is 0 Å². The molecule has 2 aromatic carbocycles. The highest BCUT2D eigenvalue weighted by atomic mass is 35.5. The Balaban J connectivity index is 2.19. The van der Waals surface area contributed by atoms with Gasteiger partial charge in [-0.2, -0.15) is 0 Å². The first-order valence-corrected chi connectivity index (χ1v) is 7.95. The van der Waals surface area contributed by atoms with Gasteiger partial charge in [0.25, 0.3) is 0 Å². The standard InChI is InChI=1S/C19H18ClNO/c1-12(2)13-7-9-14(10-8-13)19-18(17(22)11-20)15-5-3-4-6-16(15)21-19/h3-10,12,21H,11H2,1-2H3. The van der Waals surface area contributed by atoms with Gasteiger partial charge in [0.05, 0.1) is 17.1 Å². The van der Waals surface area contributed by atoms with E-state index < -0.39 is 0 Å². The number of carbonyl (C=O) groups is 1. The van der Waals surface area contributed by atoms with Crippen LogP contribution in [-0.4, -0.2) is 16.6 Å². The lowest BCUT2D eigenvalue weighted by Crippen LogP contribution is -2.01. The molecular weight excluding hydrogens is 294 g/mol. The minimum Gasteiger partial charge on any atom is -0.354 e. The lowest BCUT2D eigenvalue weighted by molar-refractivity contribution is 0.102. The molecule has 0 bridgehead atoms. The average Bonchev–Trinajstić information content (AvgIpc) is 2.93. The van der Waals surface area contributed by atoms with Crippen LogP contribution in [0.15, 0.2) is 48.5 Å². The van der Waals surface area contributed by atoms with Gasteiger partial charge in [-0.15, -0.1) is 11.6 Å². The zero-order valence-electron chi connectivity index (χ0n) is 12.7. The van der Waals surface area contributed by atoms with Crippen molar-refractivity contribution in [1.82, 2.24) is 4.98 Å². The Morgan fingerprint density at radius 1 is 1.09 bits per heavy atom. The summed E-state index contributed by atoms with van der Waals surface area (Å²) in [6.07, 6.45) is 0. The van der Waals surface area contributed by atoms with Crippen molar-refractivity contribution >= 4 is 28.3 Å². The zero-order valence-corrected chi connectivity index (χ0v) is 13.4. The van der Waals surface area contributed by atoms with Crippen molar-refractivity contribution in [2.45, 2.75) is 19.8 Å². The van der Waals surface area contributed by atoms with E-state index in [2.05, 4.69) is 43.1 Å². The fourth-order valence-electron chi connectivity index (χ4n) is 2.75. The number of Topliss-reactive ketones (excluding diaryl/α,β-unsaturated/α-hetero) is 1. The molecule has 3 aromatic rings. The topological polar surface area (TPSA) is 32.9 Å². The Morgan fingerprint density at radius 2 is 1.77 bits per heavy atom. The molecule has 112 valence electrons. The molecule has 0 unspecified atom stereocenters. The fraction of sp³-hybridized carbons (Fsp3) is 0.211. The number of benzene rings is 2. The smallest absolute Gasteiger partial charge is 0.180 e. The largest absolute Gasteiger partial charge is 0.354 e. The third-order valence-electron chi connectivity index (χ3n) is 3.97. The quantitative estimate of drug-likeness (QED) is 0.509. The van der Waals surface area contributed by atoms with Crippen LogP contribution in [0.4, 0.5) is 0 Å². The van der Waals surface area contributed by atoms with Crippen molar-refractivity contribution in [2.75, 3.05) is 5.88 Å². The number of para-hydroxylation sites is 1. The molecule has 1 aromatic heterocycles. The maximum absolute atomic E-state index is 12.3. The summed E-state index contributed by atoms with van der Waals surface area (Å²) in [4.78, 5) is 15.7. The minimum atomic E-state index is -0.0537. The lowest BCUT2D eigenvalue weighted by atomic mass is 9.98. The van der Waals surface area contributed by atoms with Crippen molar-refractivity contribution in [3.63, 3.8) is 0 Å². The van der Waals surface area contributed by atoms with Gasteiger partial charge in [0, 0.05) is 10.9 Å². The number of H-pyrrole nitrogens is 1. The SMILES string of the molecule is CC(C)c1ccc(-c2[nH]c3ccccc3c2C(=O)CCl)cc1. The highest BCUT2D eigenvalue weighted by Crippen LogP contribution is 2.31. The van der Waals surface area contributed by atoms with Crippen LogP contribution in [0, 0.1) is 0 Å². The van der Waals surface area contributed by atoms with Gasteiger partial charge in [-0.05, 0) is 23.1 Å². The summed E-state index contributed by atoms with van der Waals surface area (Å²) >= 11 is 5.81. The van der Waals surface area contributed by atoms with E-state index in [9.17, 15) is 4.79 Å². The molecule has 0 aliphatic rings. The molecule has 0 radical (unpaired) electrons. The van der Waals surface area contributed by atoms with E-state index in [4.69, 9.17) is 11.6 Å². The number of hydrogen-bond acceptors (Lipinski definition) is 1. The summed E-state index contributed by atoms with van der Waals surface area (Å²) in [7, 11) is 0. The average molecular weight is 312 g/mol. The van der Waals surface area contributed by atoms with E-state index in [1.54, 1.807) is 0 Å². The molecule has 0 fully saturated rings. The van der Waals surface area contributed by atoms with Gasteiger partial charge in [-0.1, -0.05) is 56.3 Å². The zero-order chi connectivity index (χ0) is 15.7. The first kappa shape index (κ1) is 14.9. The summed E-state index contributed by atoms with van der Waals surface area (Å²) in [5.41, 5.74) is 4.78. The van der Waals surface area contributed by atoms with Crippen molar-refractivity contribution in [1.29, 1.82) is 0 Å². The summed E-state index contributed by atoms with van der Waals surface area (Å²) in [6.45, 7) is 4.33. The molecule has 0 amide bonds. The number of rotatable bonds is 4. The highest BCUT2D eigenvalue weighted by molar-refractivity contribution is 6.33. The number of fused-ring (bicyclic) bond motifs is 1. The molecule has 0 atom stereocenters. The van der Waals surface area contributed by atoms with Gasteiger partial charge >= 0.3 is 0 Å². The molecule has 0 spiro atoms. The summed E-state index contributed by atoms with van der Waals surface area (Å²) in [6, 6.07) is 16.2. The molecule has 0 aliphatic carbocycles. The van der Waals surface area contributed by atoms with Crippen LogP contribution in [0.25, 0.3) is 22.2 Å². The second kappa shape index (κ2) is 5.98. The van der Waals surface area contributed by atoms with Gasteiger partial charge in [0.1, 0.15) is 0 Å². The van der Waals surface area contributed by atoms with Crippen LogP contribution in [0.2, 0.25) is 0 Å². The first-order chi connectivity index (χ1) is 10.6. The van der Waals surface area contributed by atoms with E-state index in [0.29, 0.717) is 11.5 Å². The van der Waals surface area contributed by atoms with Crippen LogP contribution < -0.4 is 0 Å². The third kappa shape index (κ3) is 2.55. The number of nitrogens with one attached hydrogen (secondary N) is 1. The Labute approximate surface area is 135 Å². The van der Waals surface area contributed by atoms with E-state index in [0.717, 1.165) is 22.2 Å². The number of halogens is 1. The molecule has 3 rings (SSSR count). The summed E-state index contributed by atoms with van der Waals surface area (Å²) in [5, 5.41) is 0.927. The predicted molar refractivity (Wildman–Crippen MR) is 92.9 cm³/mol. The summed E-state index contributed by atoms with van der Waals surface area (Å²) in [5.74, 6) is 0.418. The fourth-order valence-corrected chi connectivity index (χ4v) is 2.88. The normalized spacial score (nSPS) is 11.3. The van der Waals surface area contributed by atoms with Crippen molar-refractivity contribution in [3.05, 3.63) is 59.7 Å². The van der Waals surface area contributed by atoms with E-state index in [1.807, 2.05) is 24.3 Å². The monoisotopic (exact) mass is 311 g/mol. The molecule has 3 heteroatoms. The number of alkyl halides is 1. The number of aromatic nitrogens is 1. The Bertz CT molecular complexity index is 815. The molecule has 0 saturated carbocycles. The maximum atomic E-state index is 12.3. The van der Waals surface area contributed by atoms with Gasteiger partial charge < -0.3 is 4.98 Å². The maximum Gasteiger partial charge on any atom is 0.180 e. The number of aromatic amines is 1. The molecule has 1 heterocycles. The van der Waals surface area contributed by atoms with E-state index >= 15 is 0 Å². The molecule has 1 N–H and O–H groups in total. The Morgan fingerprint density at radius 3 is 2.41 bits per heavy atom. The van der Waals surface area contributed by atoms with Crippen molar-refractivity contribution in [3.8, 4) is 11.3 Å². The van der Waals surface area contributed by atoms with Crippen LogP contribution in [0.1, 0.15) is 35.7 Å². The molecule has 22 heavy (non-hydrogen) atoms. The highest BCUT2D eigenvalue weighted by Gasteiger charge is 2.18. The second-order valence-electron chi connectivity index (χ2n) is 5.75. The molecule has 0 aliphatic heterocycles. The number of hydrogen-bond donors (Lipinski definition) is 1. The lowest BCUT2D eigenvalue weighted by Gasteiger charge is -2.07. The predicted octanol–water partition coefficient (Wildman–Crippen LogP) is 5.38. The molecule has 2 nitrogen and oxygen atoms in total. The van der Waals surface area contributed by atoms with Gasteiger partial charge in [-0.3, -0.25) is 4.79 Å². The minimum absolute atomic E-state index is 0.0150. The van der Waals surface area contributed by atoms with Crippen LogP contribution in [0.3, 0.4) is 0 Å². The van der Waals surface area contributed by atoms with Crippen LogP contribution >= 0.6 is 11.6 Å². The number of ketones is 1. The Hall–Kier alpha value is -2.06. The van der Waals surface area contributed by atoms with Crippen molar-refractivity contribution in [2.24, 2.45) is 0 Å². The molecule has 0 saturated heterocycles. The van der Waals surface area contributed by atoms with Gasteiger partial charge in [0.2, 0.25) is 0 Å². The molecular formula is C19H18ClNO. The second-order valence-corrected chi connectivity index (χ2v) is 6.02. The van der Waals surface area contributed by atoms with Crippen LogP contribution in [-0.2, 0) is 0 Å². The van der Waals surface area contributed by atoms with Crippen molar-refractivity contribution < 1.29 is 4.79 Å². The van der Waals surface area contributed by atoms with Gasteiger partial charge in [0.15, 0.2) is 5.78 Å². The van der Waals surface area contributed by atoms with E-state index in [1.165, 1.54) is 5.56 Å². The van der Waals surface area contributed by atoms with Gasteiger partial charge in [-0.25, -0.2) is 0 Å². The number of carbonyl (C=O) groups excluding carboxylic acids is 1. The third-order valence-corrected chi connectivity index (χ3v) is 4.22. The first-order valence-electron chi connectivity index (χ1n) is 7.42. The van der Waals surface area contributed by atoms with E-state index in [-0.39, 0.29) is 11.7 Å². The Kier molecular flexibility index (Phi) is 4.04. The summed E-state index contributed by atoms with van der Waals surface area (Å²) < 4.78 is 0.